The maximum absolute atomic E-state index is 13.5. The molecule has 1 amide bonds. The number of halogens is 3. The van der Waals surface area contributed by atoms with Crippen molar-refractivity contribution >= 4 is 21.4 Å². The number of hydrogen-bond donors (Lipinski definition) is 0. The van der Waals surface area contributed by atoms with Crippen LogP contribution < -0.4 is 4.90 Å². The first kappa shape index (κ1) is 22.6. The fraction of sp³-hybridized carbons (Fsp3) is 0.409. The van der Waals surface area contributed by atoms with Gasteiger partial charge in [0.05, 0.1) is 29.2 Å². The van der Waals surface area contributed by atoms with Gasteiger partial charge < -0.3 is 14.5 Å². The van der Waals surface area contributed by atoms with Crippen molar-refractivity contribution in [3.05, 3.63) is 58.7 Å². The van der Waals surface area contributed by atoms with Gasteiger partial charge in [-0.15, -0.1) is 0 Å². The molecule has 0 unspecified atom stereocenters. The van der Waals surface area contributed by atoms with Crippen LogP contribution in [-0.4, -0.2) is 58.3 Å². The zero-order valence-corrected chi connectivity index (χ0v) is 18.3. The Kier molecular flexibility index (Phi) is 5.93. The van der Waals surface area contributed by atoms with Crippen molar-refractivity contribution in [2.45, 2.75) is 24.0 Å². The zero-order chi connectivity index (χ0) is 23.1. The second-order valence-electron chi connectivity index (χ2n) is 8.01. The molecule has 2 aliphatic heterocycles. The maximum Gasteiger partial charge on any atom is 0.416 e. The summed E-state index contributed by atoms with van der Waals surface area (Å²) in [5.41, 5.74) is 1.42. The summed E-state index contributed by atoms with van der Waals surface area (Å²) in [5, 5.41) is 0. The molecule has 2 aromatic carbocycles. The third-order valence-electron chi connectivity index (χ3n) is 5.81. The fourth-order valence-electron chi connectivity index (χ4n) is 4.07. The van der Waals surface area contributed by atoms with Crippen molar-refractivity contribution in [3.63, 3.8) is 0 Å². The molecule has 6 nitrogen and oxygen atoms in total. The van der Waals surface area contributed by atoms with Crippen LogP contribution in [0.1, 0.15) is 27.0 Å². The van der Waals surface area contributed by atoms with E-state index in [1.807, 2.05) is 4.90 Å². The van der Waals surface area contributed by atoms with Crippen LogP contribution in [0.2, 0.25) is 0 Å². The number of ether oxygens (including phenoxy) is 1. The number of fused-ring (bicyclic) bond motifs is 1. The Morgan fingerprint density at radius 3 is 2.38 bits per heavy atom. The predicted octanol–water partition coefficient (Wildman–Crippen LogP) is 3.14. The van der Waals surface area contributed by atoms with Gasteiger partial charge in [-0.3, -0.25) is 4.79 Å². The summed E-state index contributed by atoms with van der Waals surface area (Å²) in [7, 11) is -3.52. The van der Waals surface area contributed by atoms with Gasteiger partial charge in [0.15, 0.2) is 9.84 Å². The van der Waals surface area contributed by atoms with Crippen LogP contribution >= 0.6 is 0 Å². The highest BCUT2D eigenvalue weighted by Gasteiger charge is 2.32. The van der Waals surface area contributed by atoms with E-state index in [1.165, 1.54) is 18.2 Å². The zero-order valence-electron chi connectivity index (χ0n) is 17.5. The van der Waals surface area contributed by atoms with Crippen molar-refractivity contribution in [2.24, 2.45) is 0 Å². The largest absolute Gasteiger partial charge is 0.416 e. The van der Waals surface area contributed by atoms with Gasteiger partial charge in [0.1, 0.15) is 0 Å². The van der Waals surface area contributed by atoms with Crippen molar-refractivity contribution < 1.29 is 31.1 Å². The highest BCUT2D eigenvalue weighted by molar-refractivity contribution is 7.90. The molecule has 0 atom stereocenters. The van der Waals surface area contributed by atoms with Gasteiger partial charge in [-0.2, -0.15) is 13.2 Å². The molecule has 2 aliphatic rings. The van der Waals surface area contributed by atoms with Crippen LogP contribution in [0.15, 0.2) is 41.3 Å². The monoisotopic (exact) mass is 468 g/mol. The number of anilines is 1. The van der Waals surface area contributed by atoms with E-state index >= 15 is 0 Å². The Morgan fingerprint density at radius 2 is 1.72 bits per heavy atom. The molecule has 1 fully saturated rings. The molecule has 0 N–H and O–H groups in total. The Morgan fingerprint density at radius 1 is 1.00 bits per heavy atom. The van der Waals surface area contributed by atoms with Crippen LogP contribution in [0.4, 0.5) is 18.9 Å². The van der Waals surface area contributed by atoms with E-state index in [9.17, 15) is 26.4 Å². The molecular formula is C22H23F3N2O4S. The third kappa shape index (κ3) is 4.61. The second-order valence-corrected chi connectivity index (χ2v) is 10.0. The average Bonchev–Trinajstić information content (AvgIpc) is 2.77. The molecule has 0 aliphatic carbocycles. The van der Waals surface area contributed by atoms with Gasteiger partial charge >= 0.3 is 6.18 Å². The van der Waals surface area contributed by atoms with E-state index in [0.717, 1.165) is 18.4 Å². The van der Waals surface area contributed by atoms with Gasteiger partial charge in [-0.05, 0) is 47.9 Å². The molecule has 4 rings (SSSR count). The molecule has 10 heteroatoms. The molecule has 172 valence electrons. The Bertz CT molecular complexity index is 1140. The van der Waals surface area contributed by atoms with E-state index in [-0.39, 0.29) is 29.5 Å². The molecule has 0 aromatic heterocycles. The first-order chi connectivity index (χ1) is 15.0. The summed E-state index contributed by atoms with van der Waals surface area (Å²) in [6, 6.07) is 8.10. The number of benzene rings is 2. The summed E-state index contributed by atoms with van der Waals surface area (Å²) >= 11 is 0. The number of alkyl halides is 3. The molecule has 32 heavy (non-hydrogen) atoms. The molecule has 0 radical (unpaired) electrons. The van der Waals surface area contributed by atoms with Crippen molar-refractivity contribution in [2.75, 3.05) is 44.0 Å². The molecule has 2 aromatic rings. The minimum atomic E-state index is -4.42. The SMILES string of the molecule is CS(=O)(=O)c1ccc(N2CCOCC2)c(C(=O)N2CCc3cc(C(F)(F)F)ccc3C2)c1. The van der Waals surface area contributed by atoms with E-state index in [2.05, 4.69) is 0 Å². The first-order valence-electron chi connectivity index (χ1n) is 10.2. The van der Waals surface area contributed by atoms with Crippen molar-refractivity contribution in [3.8, 4) is 0 Å². The summed E-state index contributed by atoms with van der Waals surface area (Å²) in [5.74, 6) is -0.345. The van der Waals surface area contributed by atoms with E-state index in [4.69, 9.17) is 4.74 Å². The smallest absolute Gasteiger partial charge is 0.378 e. The van der Waals surface area contributed by atoms with E-state index in [1.54, 1.807) is 11.0 Å². The van der Waals surface area contributed by atoms with E-state index in [0.29, 0.717) is 49.5 Å². The summed E-state index contributed by atoms with van der Waals surface area (Å²) in [4.78, 5) is 17.1. The summed E-state index contributed by atoms with van der Waals surface area (Å²) in [6.07, 6.45) is -3.04. The standard InChI is InChI=1S/C22H23F3N2O4S/c1-32(29,30)18-4-5-20(26-8-10-31-11-9-26)19(13-18)21(28)27-7-6-15-12-17(22(23,24)25)3-2-16(15)14-27/h2-5,12-13H,6-11,14H2,1H3. The van der Waals surface area contributed by atoms with Crippen LogP contribution in [0.3, 0.4) is 0 Å². The van der Waals surface area contributed by atoms with Crippen LogP contribution in [0.5, 0.6) is 0 Å². The predicted molar refractivity (Wildman–Crippen MR) is 112 cm³/mol. The number of carbonyl (C=O) groups excluding carboxylic acids is 1. The normalized spacial score (nSPS) is 17.2. The molecule has 1 saturated heterocycles. The minimum absolute atomic E-state index is 0.0464. The number of rotatable bonds is 3. The minimum Gasteiger partial charge on any atom is -0.378 e. The second kappa shape index (κ2) is 8.40. The van der Waals surface area contributed by atoms with Gasteiger partial charge in [-0.1, -0.05) is 6.07 Å². The number of nitrogens with zero attached hydrogens (tertiary/aromatic N) is 2. The number of carbonyl (C=O) groups is 1. The van der Waals surface area contributed by atoms with Crippen LogP contribution in [0, 0.1) is 0 Å². The fourth-order valence-corrected chi connectivity index (χ4v) is 4.72. The molecule has 0 saturated carbocycles. The summed E-state index contributed by atoms with van der Waals surface area (Å²) in [6.45, 7) is 2.56. The number of morpholine rings is 1. The highest BCUT2D eigenvalue weighted by Crippen LogP contribution is 2.33. The van der Waals surface area contributed by atoms with Crippen molar-refractivity contribution in [1.29, 1.82) is 0 Å². The quantitative estimate of drug-likeness (QED) is 0.693. The number of hydrogen-bond acceptors (Lipinski definition) is 5. The molecule has 2 heterocycles. The lowest BCUT2D eigenvalue weighted by atomic mass is 9.96. The highest BCUT2D eigenvalue weighted by atomic mass is 32.2. The molecular weight excluding hydrogens is 445 g/mol. The van der Waals surface area contributed by atoms with Gasteiger partial charge in [0, 0.05) is 38.1 Å². The maximum atomic E-state index is 13.5. The Balaban J connectivity index is 1.66. The topological polar surface area (TPSA) is 66.9 Å². The molecule has 0 bridgehead atoms. The average molecular weight is 468 g/mol. The number of sulfone groups is 1. The number of amides is 1. The first-order valence-corrected chi connectivity index (χ1v) is 12.1. The summed E-state index contributed by atoms with van der Waals surface area (Å²) < 4.78 is 68.6. The van der Waals surface area contributed by atoms with Gasteiger partial charge in [0.25, 0.3) is 5.91 Å². The van der Waals surface area contributed by atoms with Gasteiger partial charge in [0.2, 0.25) is 0 Å². The lowest BCUT2D eigenvalue weighted by Crippen LogP contribution is -2.40. The Hall–Kier alpha value is -2.59. The lowest BCUT2D eigenvalue weighted by molar-refractivity contribution is -0.137. The van der Waals surface area contributed by atoms with E-state index < -0.39 is 21.6 Å². The Labute approximate surface area is 184 Å². The molecule has 0 spiro atoms. The third-order valence-corrected chi connectivity index (χ3v) is 6.92. The van der Waals surface area contributed by atoms with Crippen LogP contribution in [-0.2, 0) is 33.7 Å². The van der Waals surface area contributed by atoms with Crippen LogP contribution in [0.25, 0.3) is 0 Å². The van der Waals surface area contributed by atoms with Gasteiger partial charge in [-0.25, -0.2) is 8.42 Å². The lowest BCUT2D eigenvalue weighted by Gasteiger charge is -2.33. The van der Waals surface area contributed by atoms with Crippen molar-refractivity contribution in [1.82, 2.24) is 4.90 Å².